The zero-order valence-corrected chi connectivity index (χ0v) is 6.43. The van der Waals surface area contributed by atoms with Crippen LogP contribution in [0.4, 0.5) is 14.1 Å². The summed E-state index contributed by atoms with van der Waals surface area (Å²) in [5.41, 5.74) is 0. The van der Waals surface area contributed by atoms with Gasteiger partial charge in [-0.05, 0) is 0 Å². The van der Waals surface area contributed by atoms with Crippen LogP contribution in [0.25, 0.3) is 0 Å². The third-order valence-electron chi connectivity index (χ3n) is 0.730. The molecule has 0 unspecified atom stereocenters. The summed E-state index contributed by atoms with van der Waals surface area (Å²) in [6.45, 7) is 6.21. The molecule has 0 heterocycles. The highest BCUT2D eigenvalue weighted by Gasteiger charge is 1.83. The fraction of sp³-hybridized carbons (Fsp3) is 1.00. The molecule has 1 nitrogen and oxygen atoms in total. The van der Waals surface area contributed by atoms with Crippen LogP contribution in [0.2, 0.25) is 0 Å². The van der Waals surface area contributed by atoms with Gasteiger partial charge in [0, 0.05) is 13.1 Å². The molecule has 0 bridgehead atoms. The average Bonchev–Trinajstić information content (AvgIpc) is 1.65. The predicted molar refractivity (Wildman–Crippen MR) is 39.4 cm³/mol. The fourth-order valence-electron chi connectivity index (χ4n) is 0.224. The van der Waals surface area contributed by atoms with Crippen molar-refractivity contribution in [1.82, 2.24) is 4.31 Å². The molecule has 0 saturated carbocycles. The van der Waals surface area contributed by atoms with Crippen LogP contribution in [0.3, 0.4) is 0 Å². The quantitative estimate of drug-likeness (QED) is 0.609. The van der Waals surface area contributed by atoms with E-state index in [0.717, 1.165) is 13.1 Å². The number of hydrogen-bond donors (Lipinski definition) is 1. The van der Waals surface area contributed by atoms with Crippen LogP contribution in [-0.4, -0.2) is 17.4 Å². The standard InChI is InChI=1S/C4H11NS.3FH/c1-3-5(6)4-2;;;/h6H,3-4H2,1-2H3;3*1H. The molecule has 9 heavy (non-hydrogen) atoms. The van der Waals surface area contributed by atoms with Gasteiger partial charge in [0.1, 0.15) is 0 Å². The minimum Gasteiger partial charge on any atom is -0.269 e. The van der Waals surface area contributed by atoms with Crippen LogP contribution >= 0.6 is 12.8 Å². The molecule has 0 N–H and O–H groups in total. The highest BCUT2D eigenvalue weighted by atomic mass is 32.1. The van der Waals surface area contributed by atoms with Crippen molar-refractivity contribution in [1.29, 1.82) is 0 Å². The maximum atomic E-state index is 4.06. The van der Waals surface area contributed by atoms with Crippen molar-refractivity contribution >= 4 is 12.8 Å². The number of nitrogens with zero attached hydrogens (tertiary/aromatic N) is 1. The van der Waals surface area contributed by atoms with Crippen LogP contribution in [0, 0.1) is 0 Å². The first-order valence-electron chi connectivity index (χ1n) is 2.25. The van der Waals surface area contributed by atoms with Gasteiger partial charge in [-0.15, -0.1) is 0 Å². The van der Waals surface area contributed by atoms with Gasteiger partial charge in [0.05, 0.1) is 0 Å². The molecule has 0 amide bonds. The molecule has 0 atom stereocenters. The zero-order chi connectivity index (χ0) is 4.99. The molecule has 5 heteroatoms. The van der Waals surface area contributed by atoms with Gasteiger partial charge in [0.2, 0.25) is 0 Å². The smallest absolute Gasteiger partial charge is 0.00584 e. The number of hydrogen-bond acceptors (Lipinski definition) is 2. The Morgan fingerprint density at radius 2 is 1.22 bits per heavy atom. The molecular formula is C4H14F3NS. The SMILES string of the molecule is CCN(S)CC.F.F.F. The molecule has 0 fully saturated rings. The Hall–Kier alpha value is 0.100. The third kappa shape index (κ3) is 17.9. The number of rotatable bonds is 2. The highest BCUT2D eigenvalue weighted by molar-refractivity contribution is 7.77. The molecule has 0 rings (SSSR count). The lowest BCUT2D eigenvalue weighted by Crippen LogP contribution is -2.08. The molecular weight excluding hydrogens is 151 g/mol. The van der Waals surface area contributed by atoms with Gasteiger partial charge in [0.25, 0.3) is 0 Å². The molecule has 62 valence electrons. The van der Waals surface area contributed by atoms with E-state index in [2.05, 4.69) is 26.7 Å². The van der Waals surface area contributed by atoms with Gasteiger partial charge in [-0.25, -0.2) is 0 Å². The zero-order valence-electron chi connectivity index (χ0n) is 5.53. The first-order chi connectivity index (χ1) is 2.81. The number of thiol groups is 1. The summed E-state index contributed by atoms with van der Waals surface area (Å²) in [5.74, 6) is 0. The van der Waals surface area contributed by atoms with Crippen molar-refractivity contribution in [3.05, 3.63) is 0 Å². The van der Waals surface area contributed by atoms with Gasteiger partial charge in [0.15, 0.2) is 0 Å². The minimum absolute atomic E-state index is 0. The summed E-state index contributed by atoms with van der Waals surface area (Å²) in [6.07, 6.45) is 0. The van der Waals surface area contributed by atoms with Crippen molar-refractivity contribution < 1.29 is 14.1 Å². The summed E-state index contributed by atoms with van der Waals surface area (Å²) in [7, 11) is 0. The fourth-order valence-corrected chi connectivity index (χ4v) is 0.224. The molecule has 0 radical (unpaired) electrons. The first-order valence-corrected chi connectivity index (χ1v) is 2.65. The van der Waals surface area contributed by atoms with Crippen molar-refractivity contribution in [3.63, 3.8) is 0 Å². The summed E-state index contributed by atoms with van der Waals surface area (Å²) >= 11 is 4.06. The Labute approximate surface area is 59.1 Å². The van der Waals surface area contributed by atoms with Gasteiger partial charge in [-0.3, -0.25) is 18.4 Å². The molecule has 0 aliphatic carbocycles. The van der Waals surface area contributed by atoms with Crippen LogP contribution < -0.4 is 0 Å². The lowest BCUT2D eigenvalue weighted by Gasteiger charge is -2.05. The van der Waals surface area contributed by atoms with Gasteiger partial charge in [-0.1, -0.05) is 26.7 Å². The molecule has 0 aromatic heterocycles. The third-order valence-corrected chi connectivity index (χ3v) is 1.30. The van der Waals surface area contributed by atoms with Crippen LogP contribution in [-0.2, 0) is 0 Å². The van der Waals surface area contributed by atoms with Gasteiger partial charge in [-0.2, -0.15) is 0 Å². The summed E-state index contributed by atoms with van der Waals surface area (Å²) in [4.78, 5) is 0. The monoisotopic (exact) mass is 165 g/mol. The molecule has 0 aliphatic rings. The second-order valence-corrected chi connectivity index (χ2v) is 1.70. The topological polar surface area (TPSA) is 3.24 Å². The average molecular weight is 165 g/mol. The largest absolute Gasteiger partial charge is 0.269 e. The molecule has 0 aromatic rings. The van der Waals surface area contributed by atoms with Crippen molar-refractivity contribution in [2.45, 2.75) is 13.8 Å². The summed E-state index contributed by atoms with van der Waals surface area (Å²) < 4.78 is 1.94. The van der Waals surface area contributed by atoms with Crippen LogP contribution in [0.1, 0.15) is 13.8 Å². The molecule has 0 spiro atoms. The molecule has 0 aromatic carbocycles. The van der Waals surface area contributed by atoms with E-state index in [-0.39, 0.29) is 14.1 Å². The normalized spacial score (nSPS) is 6.67. The van der Waals surface area contributed by atoms with Crippen LogP contribution in [0.15, 0.2) is 0 Å². The summed E-state index contributed by atoms with van der Waals surface area (Å²) in [6, 6.07) is 0. The van der Waals surface area contributed by atoms with Gasteiger partial charge < -0.3 is 0 Å². The van der Waals surface area contributed by atoms with Crippen molar-refractivity contribution in [2.75, 3.05) is 13.1 Å². The number of halogens is 3. The Morgan fingerprint density at radius 3 is 1.22 bits per heavy atom. The van der Waals surface area contributed by atoms with E-state index in [0.29, 0.717) is 0 Å². The predicted octanol–water partition coefficient (Wildman–Crippen LogP) is 1.63. The maximum absolute atomic E-state index is 4.06. The van der Waals surface area contributed by atoms with E-state index in [1.54, 1.807) is 0 Å². The highest BCUT2D eigenvalue weighted by Crippen LogP contribution is 1.86. The molecule has 0 aliphatic heterocycles. The lowest BCUT2D eigenvalue weighted by atomic mass is 10.7. The Bertz CT molecular complexity index is 35.0. The van der Waals surface area contributed by atoms with E-state index >= 15 is 0 Å². The van der Waals surface area contributed by atoms with Crippen molar-refractivity contribution in [3.8, 4) is 0 Å². The minimum atomic E-state index is 0. The second kappa shape index (κ2) is 15.7. The Balaban J connectivity index is -0.0000000417. The van der Waals surface area contributed by atoms with E-state index in [9.17, 15) is 0 Å². The first kappa shape index (κ1) is 23.0. The van der Waals surface area contributed by atoms with E-state index in [1.807, 2.05) is 4.31 Å². The van der Waals surface area contributed by atoms with Crippen molar-refractivity contribution in [2.24, 2.45) is 0 Å². The van der Waals surface area contributed by atoms with E-state index in [4.69, 9.17) is 0 Å². The van der Waals surface area contributed by atoms with E-state index < -0.39 is 0 Å². The maximum Gasteiger partial charge on any atom is 0.00584 e. The summed E-state index contributed by atoms with van der Waals surface area (Å²) in [5, 5.41) is 0. The van der Waals surface area contributed by atoms with E-state index in [1.165, 1.54) is 0 Å². The lowest BCUT2D eigenvalue weighted by molar-refractivity contribution is 0.532. The second-order valence-electron chi connectivity index (χ2n) is 1.14. The van der Waals surface area contributed by atoms with Gasteiger partial charge >= 0.3 is 0 Å². The molecule has 0 saturated heterocycles. The van der Waals surface area contributed by atoms with Crippen LogP contribution in [0.5, 0.6) is 0 Å². The Morgan fingerprint density at radius 1 is 1.00 bits per heavy atom. The Kier molecular flexibility index (Phi) is 40.0.